The van der Waals surface area contributed by atoms with Crippen LogP contribution >= 0.6 is 0 Å². The lowest BCUT2D eigenvalue weighted by molar-refractivity contribution is 0.316. The molecule has 0 atom stereocenters. The molecule has 5 heteroatoms. The normalized spacial score (nSPS) is 11.5. The Kier molecular flexibility index (Phi) is 5.88. The molecule has 1 aromatic rings. The van der Waals surface area contributed by atoms with Crippen molar-refractivity contribution < 1.29 is 9.94 Å². The van der Waals surface area contributed by atoms with Gasteiger partial charge in [-0.1, -0.05) is 17.3 Å². The molecule has 0 aromatic heterocycles. The van der Waals surface area contributed by atoms with Crippen molar-refractivity contribution in [2.45, 2.75) is 19.4 Å². The Labute approximate surface area is 101 Å². The summed E-state index contributed by atoms with van der Waals surface area (Å²) in [6.45, 7) is 1.61. The molecule has 4 N–H and O–H groups in total. The third kappa shape index (κ3) is 5.21. The summed E-state index contributed by atoms with van der Waals surface area (Å²) in [5.41, 5.74) is 6.53. The van der Waals surface area contributed by atoms with Gasteiger partial charge in [0.15, 0.2) is 0 Å². The molecule has 0 fully saturated rings. The van der Waals surface area contributed by atoms with Gasteiger partial charge in [-0.15, -0.1) is 0 Å². The molecule has 0 unspecified atom stereocenters. The molecule has 5 nitrogen and oxygen atoms in total. The fourth-order valence-corrected chi connectivity index (χ4v) is 1.46. The van der Waals surface area contributed by atoms with Crippen LogP contribution in [0.3, 0.4) is 0 Å². The van der Waals surface area contributed by atoms with Crippen molar-refractivity contribution in [3.05, 3.63) is 29.8 Å². The van der Waals surface area contributed by atoms with Crippen molar-refractivity contribution >= 4 is 5.84 Å². The predicted octanol–water partition coefficient (Wildman–Crippen LogP) is 1.31. The topological polar surface area (TPSA) is 79.9 Å². The Bertz CT molecular complexity index is 367. The van der Waals surface area contributed by atoms with E-state index in [1.807, 2.05) is 24.3 Å². The van der Waals surface area contributed by atoms with Crippen LogP contribution in [0.5, 0.6) is 5.75 Å². The number of benzene rings is 1. The summed E-state index contributed by atoms with van der Waals surface area (Å²) in [5, 5.41) is 14.6. The zero-order valence-electron chi connectivity index (χ0n) is 10.0. The molecule has 0 aliphatic carbocycles. The Morgan fingerprint density at radius 3 is 3.06 bits per heavy atom. The third-order valence-corrected chi connectivity index (χ3v) is 2.38. The van der Waals surface area contributed by atoms with Crippen molar-refractivity contribution in [1.82, 2.24) is 5.32 Å². The van der Waals surface area contributed by atoms with Crippen LogP contribution in [-0.2, 0) is 6.54 Å². The third-order valence-electron chi connectivity index (χ3n) is 2.38. The molecule has 0 radical (unpaired) electrons. The maximum atomic E-state index is 8.36. The Morgan fingerprint density at radius 2 is 2.35 bits per heavy atom. The monoisotopic (exact) mass is 237 g/mol. The van der Waals surface area contributed by atoms with Crippen molar-refractivity contribution in [1.29, 1.82) is 0 Å². The standard InChI is InChI=1S/C12H19N3O2/c1-17-11-5-2-4-10(8-11)9-14-7-3-6-12(13)15-16/h2,4-5,8,14,16H,3,6-7,9H2,1H3,(H2,13,15). The number of hydrogen-bond donors (Lipinski definition) is 3. The maximum absolute atomic E-state index is 8.36. The van der Waals surface area contributed by atoms with Gasteiger partial charge in [-0.25, -0.2) is 0 Å². The molecule has 0 heterocycles. The van der Waals surface area contributed by atoms with Gasteiger partial charge in [0.1, 0.15) is 11.6 Å². The first-order valence-corrected chi connectivity index (χ1v) is 5.56. The predicted molar refractivity (Wildman–Crippen MR) is 67.3 cm³/mol. The van der Waals surface area contributed by atoms with Gasteiger partial charge in [-0.2, -0.15) is 0 Å². The summed E-state index contributed by atoms with van der Waals surface area (Å²) in [5.74, 6) is 1.13. The molecule has 1 aromatic carbocycles. The highest BCUT2D eigenvalue weighted by Gasteiger charge is 1.96. The van der Waals surface area contributed by atoms with Gasteiger partial charge in [0.2, 0.25) is 0 Å². The van der Waals surface area contributed by atoms with E-state index in [2.05, 4.69) is 10.5 Å². The lowest BCUT2D eigenvalue weighted by atomic mass is 10.2. The number of nitrogens with two attached hydrogens (primary N) is 1. The minimum absolute atomic E-state index is 0.271. The SMILES string of the molecule is COc1cccc(CNCCCC(N)=NO)c1. The highest BCUT2D eigenvalue weighted by Crippen LogP contribution is 2.11. The maximum Gasteiger partial charge on any atom is 0.139 e. The Balaban J connectivity index is 2.22. The van der Waals surface area contributed by atoms with Gasteiger partial charge >= 0.3 is 0 Å². The van der Waals surface area contributed by atoms with Crippen LogP contribution in [0.2, 0.25) is 0 Å². The first-order chi connectivity index (χ1) is 8.26. The van der Waals surface area contributed by atoms with Gasteiger partial charge < -0.3 is 21.0 Å². The van der Waals surface area contributed by atoms with E-state index in [9.17, 15) is 0 Å². The van der Waals surface area contributed by atoms with E-state index in [1.165, 1.54) is 5.56 Å². The van der Waals surface area contributed by atoms with Gasteiger partial charge in [0.25, 0.3) is 0 Å². The summed E-state index contributed by atoms with van der Waals surface area (Å²) in [7, 11) is 1.66. The smallest absolute Gasteiger partial charge is 0.139 e. The number of methoxy groups -OCH3 is 1. The summed E-state index contributed by atoms with van der Waals surface area (Å²) in [4.78, 5) is 0. The van der Waals surface area contributed by atoms with Crippen molar-refractivity contribution in [3.8, 4) is 5.75 Å². The molecule has 17 heavy (non-hydrogen) atoms. The second kappa shape index (κ2) is 7.51. The zero-order chi connectivity index (χ0) is 12.5. The molecule has 0 saturated carbocycles. The van der Waals surface area contributed by atoms with Crippen LogP contribution in [-0.4, -0.2) is 24.7 Å². The lowest BCUT2D eigenvalue weighted by Gasteiger charge is -2.06. The van der Waals surface area contributed by atoms with E-state index in [-0.39, 0.29) is 5.84 Å². The number of hydrogen-bond acceptors (Lipinski definition) is 4. The number of nitrogens with one attached hydrogen (secondary N) is 1. The van der Waals surface area contributed by atoms with E-state index < -0.39 is 0 Å². The zero-order valence-corrected chi connectivity index (χ0v) is 10.0. The highest BCUT2D eigenvalue weighted by molar-refractivity contribution is 5.79. The minimum atomic E-state index is 0.271. The average molecular weight is 237 g/mol. The molecular weight excluding hydrogens is 218 g/mol. The molecule has 0 spiro atoms. The molecule has 0 aliphatic rings. The second-order valence-corrected chi connectivity index (χ2v) is 3.72. The summed E-state index contributed by atoms with van der Waals surface area (Å²) in [6.07, 6.45) is 1.45. The quantitative estimate of drug-likeness (QED) is 0.220. The van der Waals surface area contributed by atoms with Crippen molar-refractivity contribution in [2.24, 2.45) is 10.9 Å². The Morgan fingerprint density at radius 1 is 1.53 bits per heavy atom. The number of rotatable bonds is 7. The molecule has 94 valence electrons. The van der Waals surface area contributed by atoms with Crippen LogP contribution in [0.4, 0.5) is 0 Å². The fraction of sp³-hybridized carbons (Fsp3) is 0.417. The first kappa shape index (κ1) is 13.3. The molecular formula is C12H19N3O2. The van der Waals surface area contributed by atoms with E-state index in [4.69, 9.17) is 15.7 Å². The molecule has 0 saturated heterocycles. The number of nitrogens with zero attached hydrogens (tertiary/aromatic N) is 1. The lowest BCUT2D eigenvalue weighted by Crippen LogP contribution is -2.18. The van der Waals surface area contributed by atoms with Gasteiger partial charge in [0.05, 0.1) is 7.11 Å². The molecule has 1 rings (SSSR count). The van der Waals surface area contributed by atoms with Crippen LogP contribution in [0, 0.1) is 0 Å². The van der Waals surface area contributed by atoms with Crippen molar-refractivity contribution in [2.75, 3.05) is 13.7 Å². The average Bonchev–Trinajstić information content (AvgIpc) is 2.38. The van der Waals surface area contributed by atoms with Crippen LogP contribution < -0.4 is 15.8 Å². The summed E-state index contributed by atoms with van der Waals surface area (Å²) < 4.78 is 5.14. The highest BCUT2D eigenvalue weighted by atomic mass is 16.5. The summed E-state index contributed by atoms with van der Waals surface area (Å²) in [6, 6.07) is 7.92. The first-order valence-electron chi connectivity index (χ1n) is 5.56. The number of ether oxygens (including phenoxy) is 1. The minimum Gasteiger partial charge on any atom is -0.497 e. The second-order valence-electron chi connectivity index (χ2n) is 3.72. The van der Waals surface area contributed by atoms with Crippen LogP contribution in [0.15, 0.2) is 29.4 Å². The number of oxime groups is 1. The van der Waals surface area contributed by atoms with Crippen molar-refractivity contribution in [3.63, 3.8) is 0 Å². The van der Waals surface area contributed by atoms with E-state index in [1.54, 1.807) is 7.11 Å². The fourth-order valence-electron chi connectivity index (χ4n) is 1.46. The van der Waals surface area contributed by atoms with Crippen LogP contribution in [0.1, 0.15) is 18.4 Å². The Hall–Kier alpha value is -1.75. The van der Waals surface area contributed by atoms with E-state index in [0.717, 1.165) is 25.3 Å². The van der Waals surface area contributed by atoms with Gasteiger partial charge in [-0.05, 0) is 30.7 Å². The van der Waals surface area contributed by atoms with E-state index >= 15 is 0 Å². The van der Waals surface area contributed by atoms with E-state index in [0.29, 0.717) is 6.42 Å². The molecule has 0 bridgehead atoms. The molecule has 0 aliphatic heterocycles. The van der Waals surface area contributed by atoms with Crippen LogP contribution in [0.25, 0.3) is 0 Å². The number of amidine groups is 1. The molecule has 0 amide bonds. The summed E-state index contributed by atoms with van der Waals surface area (Å²) >= 11 is 0. The largest absolute Gasteiger partial charge is 0.497 e. The van der Waals surface area contributed by atoms with Gasteiger partial charge in [0, 0.05) is 13.0 Å². The van der Waals surface area contributed by atoms with Gasteiger partial charge in [-0.3, -0.25) is 0 Å².